The topological polar surface area (TPSA) is 0 Å². The molecule has 0 amide bonds. The van der Waals surface area contributed by atoms with Gasteiger partial charge in [0.2, 0.25) is 0 Å². The van der Waals surface area contributed by atoms with Crippen molar-refractivity contribution in [2.45, 2.75) is 23.6 Å². The smallest absolute Gasteiger partial charge is 0.192 e. The van der Waals surface area contributed by atoms with Crippen LogP contribution >= 0.6 is 0 Å². The van der Waals surface area contributed by atoms with Crippen LogP contribution in [0.1, 0.15) is 11.1 Å². The number of benzene rings is 2. The first-order valence-electron chi connectivity index (χ1n) is 5.61. The van der Waals surface area contributed by atoms with Gasteiger partial charge >= 0.3 is 0 Å². The van der Waals surface area contributed by atoms with E-state index in [0.29, 0.717) is 0 Å². The van der Waals surface area contributed by atoms with E-state index in [-0.39, 0.29) is 6.01 Å². The van der Waals surface area contributed by atoms with E-state index < -0.39 is 10.9 Å². The second-order valence-electron chi connectivity index (χ2n) is 4.08. The third-order valence-corrected chi connectivity index (χ3v) is 4.78. The molecule has 88 valence electrons. The highest BCUT2D eigenvalue weighted by molar-refractivity contribution is 7.96. The molecule has 0 fully saturated rings. The fourth-order valence-electron chi connectivity index (χ4n) is 1.91. The second kappa shape index (κ2) is 5.37. The van der Waals surface area contributed by atoms with Crippen LogP contribution in [0.15, 0.2) is 58.3 Å². The number of halogens is 1. The molecule has 2 aromatic carbocycles. The van der Waals surface area contributed by atoms with Crippen LogP contribution in [-0.4, -0.2) is 6.01 Å². The first-order chi connectivity index (χ1) is 8.22. The SMILES string of the molecule is Cc1ccc([S+](CF)c2ccccc2)c(C)c1. The minimum Gasteiger partial charge on any atom is -0.192 e. The minimum absolute atomic E-state index is 0.325. The minimum atomic E-state index is -0.445. The van der Waals surface area contributed by atoms with Crippen molar-refractivity contribution < 1.29 is 4.39 Å². The van der Waals surface area contributed by atoms with Gasteiger partial charge in [-0.15, -0.1) is 0 Å². The van der Waals surface area contributed by atoms with Crippen molar-refractivity contribution in [3.8, 4) is 0 Å². The molecule has 0 nitrogen and oxygen atoms in total. The van der Waals surface area contributed by atoms with Gasteiger partial charge in [0.1, 0.15) is 0 Å². The molecule has 0 aliphatic heterocycles. The van der Waals surface area contributed by atoms with Crippen LogP contribution < -0.4 is 0 Å². The number of aryl methyl sites for hydroxylation is 2. The van der Waals surface area contributed by atoms with Crippen molar-refractivity contribution in [3.63, 3.8) is 0 Å². The molecule has 17 heavy (non-hydrogen) atoms. The Hall–Kier alpha value is -1.28. The zero-order chi connectivity index (χ0) is 12.3. The highest BCUT2D eigenvalue weighted by atomic mass is 32.2. The maximum Gasteiger partial charge on any atom is 0.256 e. The lowest BCUT2D eigenvalue weighted by Gasteiger charge is -2.07. The Bertz CT molecular complexity index is 494. The van der Waals surface area contributed by atoms with Crippen LogP contribution in [0.4, 0.5) is 4.39 Å². The van der Waals surface area contributed by atoms with E-state index in [2.05, 4.69) is 32.0 Å². The maximum atomic E-state index is 13.3. The van der Waals surface area contributed by atoms with Crippen LogP contribution in [0.3, 0.4) is 0 Å². The van der Waals surface area contributed by atoms with Gasteiger partial charge in [-0.25, -0.2) is 0 Å². The van der Waals surface area contributed by atoms with Crippen LogP contribution in [0, 0.1) is 13.8 Å². The number of rotatable bonds is 3. The zero-order valence-corrected chi connectivity index (χ0v) is 10.9. The molecule has 1 atom stereocenters. The molecule has 0 N–H and O–H groups in total. The highest BCUT2D eigenvalue weighted by Gasteiger charge is 2.26. The summed E-state index contributed by atoms with van der Waals surface area (Å²) < 4.78 is 13.3. The summed E-state index contributed by atoms with van der Waals surface area (Å²) in [6.07, 6.45) is 0. The highest BCUT2D eigenvalue weighted by Crippen LogP contribution is 2.27. The fraction of sp³-hybridized carbons (Fsp3) is 0.200. The third kappa shape index (κ3) is 2.70. The molecule has 0 saturated carbocycles. The summed E-state index contributed by atoms with van der Waals surface area (Å²) in [5, 5.41) is 0. The van der Waals surface area contributed by atoms with Crippen LogP contribution in [0.5, 0.6) is 0 Å². The van der Waals surface area contributed by atoms with E-state index in [1.54, 1.807) is 0 Å². The average Bonchev–Trinajstić information content (AvgIpc) is 2.34. The lowest BCUT2D eigenvalue weighted by atomic mass is 10.2. The Labute approximate surface area is 105 Å². The molecular formula is C15H16FS+. The molecule has 0 saturated heterocycles. The molecule has 0 aliphatic carbocycles. The lowest BCUT2D eigenvalue weighted by Crippen LogP contribution is -2.07. The predicted octanol–water partition coefficient (Wildman–Crippen LogP) is 4.27. The largest absolute Gasteiger partial charge is 0.256 e. The van der Waals surface area contributed by atoms with E-state index in [1.807, 2.05) is 30.3 Å². The number of hydrogen-bond donors (Lipinski definition) is 0. The van der Waals surface area contributed by atoms with E-state index in [1.165, 1.54) is 11.1 Å². The van der Waals surface area contributed by atoms with Crippen molar-refractivity contribution in [2.75, 3.05) is 6.01 Å². The molecule has 0 bridgehead atoms. The monoisotopic (exact) mass is 247 g/mol. The van der Waals surface area contributed by atoms with Crippen molar-refractivity contribution in [3.05, 3.63) is 59.7 Å². The Balaban J connectivity index is 2.42. The average molecular weight is 247 g/mol. The summed E-state index contributed by atoms with van der Waals surface area (Å²) in [5.41, 5.74) is 2.40. The molecule has 1 unspecified atom stereocenters. The quantitative estimate of drug-likeness (QED) is 0.711. The van der Waals surface area contributed by atoms with Crippen LogP contribution in [0.25, 0.3) is 0 Å². The van der Waals surface area contributed by atoms with E-state index in [9.17, 15) is 4.39 Å². The fourth-order valence-corrected chi connectivity index (χ4v) is 3.57. The Morgan fingerprint density at radius 3 is 2.29 bits per heavy atom. The van der Waals surface area contributed by atoms with Gasteiger partial charge in [-0.3, -0.25) is 0 Å². The second-order valence-corrected chi connectivity index (χ2v) is 5.99. The van der Waals surface area contributed by atoms with Crippen molar-refractivity contribution in [1.82, 2.24) is 0 Å². The molecular weight excluding hydrogens is 231 g/mol. The van der Waals surface area contributed by atoms with E-state index >= 15 is 0 Å². The summed E-state index contributed by atoms with van der Waals surface area (Å²) >= 11 is 0. The molecule has 0 radical (unpaired) electrons. The van der Waals surface area contributed by atoms with Gasteiger partial charge in [0.15, 0.2) is 9.79 Å². The molecule has 0 heterocycles. The normalized spacial score (nSPS) is 12.4. The van der Waals surface area contributed by atoms with Gasteiger partial charge < -0.3 is 0 Å². The molecule has 0 aromatic heterocycles. The molecule has 2 aromatic rings. The lowest BCUT2D eigenvalue weighted by molar-refractivity contribution is 0.600. The molecule has 2 rings (SSSR count). The van der Waals surface area contributed by atoms with Crippen LogP contribution in [0.2, 0.25) is 0 Å². The summed E-state index contributed by atoms with van der Waals surface area (Å²) in [6.45, 7) is 4.12. The zero-order valence-electron chi connectivity index (χ0n) is 10.1. The van der Waals surface area contributed by atoms with Gasteiger partial charge in [0.25, 0.3) is 6.01 Å². The Morgan fingerprint density at radius 1 is 1.00 bits per heavy atom. The summed E-state index contributed by atoms with van der Waals surface area (Å²) in [7, 11) is -0.445. The molecule has 0 spiro atoms. The number of hydrogen-bond acceptors (Lipinski definition) is 0. The Morgan fingerprint density at radius 2 is 1.71 bits per heavy atom. The van der Waals surface area contributed by atoms with Gasteiger partial charge in [0.05, 0.1) is 10.9 Å². The van der Waals surface area contributed by atoms with Crippen molar-refractivity contribution in [2.24, 2.45) is 0 Å². The van der Waals surface area contributed by atoms with Crippen molar-refractivity contribution in [1.29, 1.82) is 0 Å². The van der Waals surface area contributed by atoms with Crippen LogP contribution in [-0.2, 0) is 10.9 Å². The van der Waals surface area contributed by atoms with Gasteiger partial charge in [-0.1, -0.05) is 35.9 Å². The summed E-state index contributed by atoms with van der Waals surface area (Å²) in [6, 6.07) is 15.8. The molecule has 2 heteroatoms. The first kappa shape index (κ1) is 12.2. The predicted molar refractivity (Wildman–Crippen MR) is 72.2 cm³/mol. The standard InChI is InChI=1S/C15H16FS/c1-12-8-9-15(13(2)10-12)17(11-16)14-6-4-3-5-7-14/h3-10H,11H2,1-2H3/q+1. The Kier molecular flexibility index (Phi) is 3.85. The third-order valence-electron chi connectivity index (χ3n) is 2.73. The molecule has 0 aliphatic rings. The van der Waals surface area contributed by atoms with E-state index in [4.69, 9.17) is 0 Å². The first-order valence-corrected chi connectivity index (χ1v) is 7.01. The van der Waals surface area contributed by atoms with Gasteiger partial charge in [0, 0.05) is 5.56 Å². The van der Waals surface area contributed by atoms with E-state index in [0.717, 1.165) is 9.79 Å². The number of alkyl halides is 1. The van der Waals surface area contributed by atoms with Gasteiger partial charge in [-0.05, 0) is 32.0 Å². The van der Waals surface area contributed by atoms with Crippen molar-refractivity contribution >= 4 is 10.9 Å². The summed E-state index contributed by atoms with van der Waals surface area (Å²) in [4.78, 5) is 2.19. The van der Waals surface area contributed by atoms with Gasteiger partial charge in [-0.2, -0.15) is 4.39 Å². The summed E-state index contributed by atoms with van der Waals surface area (Å²) in [5.74, 6) is 0. The maximum absolute atomic E-state index is 13.3.